The van der Waals surface area contributed by atoms with Gasteiger partial charge in [0.05, 0.1) is 15.6 Å². The fourth-order valence-electron chi connectivity index (χ4n) is 1.82. The summed E-state index contributed by atoms with van der Waals surface area (Å²) in [5.41, 5.74) is 1.25. The molecule has 3 nitrogen and oxygen atoms in total. The highest BCUT2D eigenvalue weighted by molar-refractivity contribution is 9.11. The van der Waals surface area contributed by atoms with E-state index in [4.69, 9.17) is 4.74 Å². The van der Waals surface area contributed by atoms with Crippen molar-refractivity contribution in [1.29, 1.82) is 0 Å². The second-order valence-electron chi connectivity index (χ2n) is 5.07. The summed E-state index contributed by atoms with van der Waals surface area (Å²) in [6.07, 6.45) is 2.17. The van der Waals surface area contributed by atoms with Crippen LogP contribution in [-0.2, 0) is 6.54 Å². The molecular formula is C15H24Br2N2O. The fourth-order valence-corrected chi connectivity index (χ4v) is 3.33. The van der Waals surface area contributed by atoms with E-state index in [2.05, 4.69) is 75.2 Å². The van der Waals surface area contributed by atoms with Crippen LogP contribution in [0.2, 0.25) is 0 Å². The van der Waals surface area contributed by atoms with Gasteiger partial charge in [-0.15, -0.1) is 0 Å². The molecule has 0 aliphatic rings. The normalized spacial score (nSPS) is 11.1. The van der Waals surface area contributed by atoms with Crippen LogP contribution in [0.4, 0.5) is 0 Å². The van der Waals surface area contributed by atoms with Gasteiger partial charge in [-0.3, -0.25) is 0 Å². The van der Waals surface area contributed by atoms with Gasteiger partial charge in [0, 0.05) is 13.1 Å². The molecule has 0 unspecified atom stereocenters. The van der Waals surface area contributed by atoms with Gasteiger partial charge in [-0.05, 0) is 83.0 Å². The highest BCUT2D eigenvalue weighted by Crippen LogP contribution is 2.34. The van der Waals surface area contributed by atoms with E-state index in [1.807, 2.05) is 0 Å². The van der Waals surface area contributed by atoms with Gasteiger partial charge in [-0.25, -0.2) is 0 Å². The topological polar surface area (TPSA) is 24.5 Å². The second kappa shape index (κ2) is 9.77. The van der Waals surface area contributed by atoms with Gasteiger partial charge in [-0.1, -0.05) is 6.92 Å². The Kier molecular flexibility index (Phi) is 8.77. The van der Waals surface area contributed by atoms with E-state index in [0.717, 1.165) is 53.8 Å². The summed E-state index contributed by atoms with van der Waals surface area (Å²) in [5.74, 6) is 0.892. The van der Waals surface area contributed by atoms with Crippen LogP contribution in [0, 0.1) is 0 Å². The van der Waals surface area contributed by atoms with Gasteiger partial charge in [0.25, 0.3) is 0 Å². The zero-order valence-corrected chi connectivity index (χ0v) is 15.7. The smallest absolute Gasteiger partial charge is 0.147 e. The van der Waals surface area contributed by atoms with Crippen molar-refractivity contribution in [1.82, 2.24) is 10.2 Å². The first-order valence-corrected chi connectivity index (χ1v) is 8.59. The molecule has 1 aromatic carbocycles. The third kappa shape index (κ3) is 6.57. The highest BCUT2D eigenvalue weighted by atomic mass is 79.9. The Morgan fingerprint density at radius 3 is 2.40 bits per heavy atom. The molecule has 0 heterocycles. The summed E-state index contributed by atoms with van der Waals surface area (Å²) < 4.78 is 7.87. The number of benzene rings is 1. The molecule has 1 rings (SSSR count). The Hall–Kier alpha value is -0.100. The molecule has 1 aromatic rings. The van der Waals surface area contributed by atoms with Crippen molar-refractivity contribution in [3.63, 3.8) is 0 Å². The first-order valence-electron chi connectivity index (χ1n) is 7.00. The first-order chi connectivity index (χ1) is 9.54. The molecule has 0 atom stereocenters. The molecule has 0 aliphatic carbocycles. The third-order valence-electron chi connectivity index (χ3n) is 2.81. The SMILES string of the molecule is CCCNCc1cc(Br)c(OCCCN(C)C)c(Br)c1. The molecule has 0 aliphatic heterocycles. The lowest BCUT2D eigenvalue weighted by Crippen LogP contribution is -2.16. The van der Waals surface area contributed by atoms with Crippen LogP contribution >= 0.6 is 31.9 Å². The lowest BCUT2D eigenvalue weighted by atomic mass is 10.2. The summed E-state index contributed by atoms with van der Waals surface area (Å²) >= 11 is 7.19. The molecule has 0 amide bonds. The van der Waals surface area contributed by atoms with Crippen LogP contribution in [0.3, 0.4) is 0 Å². The molecule has 0 saturated heterocycles. The van der Waals surface area contributed by atoms with Crippen LogP contribution in [0.1, 0.15) is 25.3 Å². The third-order valence-corrected chi connectivity index (χ3v) is 3.99. The lowest BCUT2D eigenvalue weighted by molar-refractivity contribution is 0.279. The molecule has 0 saturated carbocycles. The van der Waals surface area contributed by atoms with Crippen LogP contribution in [0.15, 0.2) is 21.1 Å². The van der Waals surface area contributed by atoms with Gasteiger partial charge in [0.15, 0.2) is 0 Å². The number of rotatable bonds is 9. The Morgan fingerprint density at radius 2 is 1.85 bits per heavy atom. The van der Waals surface area contributed by atoms with Crippen molar-refractivity contribution in [2.24, 2.45) is 0 Å². The molecule has 114 valence electrons. The van der Waals surface area contributed by atoms with E-state index in [0.29, 0.717) is 0 Å². The maximum absolute atomic E-state index is 5.86. The van der Waals surface area contributed by atoms with Gasteiger partial charge in [0.2, 0.25) is 0 Å². The van der Waals surface area contributed by atoms with Crippen LogP contribution < -0.4 is 10.1 Å². The molecule has 0 radical (unpaired) electrons. The minimum absolute atomic E-state index is 0.725. The number of halogens is 2. The van der Waals surface area contributed by atoms with Crippen LogP contribution in [0.5, 0.6) is 5.75 Å². The largest absolute Gasteiger partial charge is 0.491 e. The fraction of sp³-hybridized carbons (Fsp3) is 0.600. The number of ether oxygens (including phenoxy) is 1. The predicted octanol–water partition coefficient (Wildman–Crippen LogP) is 4.04. The van der Waals surface area contributed by atoms with Gasteiger partial charge >= 0.3 is 0 Å². The Bertz CT molecular complexity index is 388. The molecule has 0 aromatic heterocycles. The van der Waals surface area contributed by atoms with E-state index in [9.17, 15) is 0 Å². The summed E-state index contributed by atoms with van der Waals surface area (Å²) in [6, 6.07) is 4.24. The van der Waals surface area contributed by atoms with Crippen molar-refractivity contribution in [3.8, 4) is 5.75 Å². The molecule has 20 heavy (non-hydrogen) atoms. The monoisotopic (exact) mass is 406 g/mol. The number of nitrogens with zero attached hydrogens (tertiary/aromatic N) is 1. The Balaban J connectivity index is 2.55. The Labute approximate surface area is 139 Å². The summed E-state index contributed by atoms with van der Waals surface area (Å²) in [4.78, 5) is 2.16. The molecular weight excluding hydrogens is 384 g/mol. The van der Waals surface area contributed by atoms with Gasteiger partial charge < -0.3 is 15.0 Å². The van der Waals surface area contributed by atoms with Gasteiger partial charge in [0.1, 0.15) is 5.75 Å². The molecule has 0 bridgehead atoms. The Morgan fingerprint density at radius 1 is 1.20 bits per heavy atom. The number of nitrogens with one attached hydrogen (secondary N) is 1. The minimum Gasteiger partial charge on any atom is -0.491 e. The maximum atomic E-state index is 5.86. The molecule has 0 spiro atoms. The number of hydrogen-bond acceptors (Lipinski definition) is 3. The minimum atomic E-state index is 0.725. The van der Waals surface area contributed by atoms with E-state index in [-0.39, 0.29) is 0 Å². The van der Waals surface area contributed by atoms with E-state index < -0.39 is 0 Å². The van der Waals surface area contributed by atoms with Gasteiger partial charge in [-0.2, -0.15) is 0 Å². The van der Waals surface area contributed by atoms with E-state index in [1.54, 1.807) is 0 Å². The average molecular weight is 408 g/mol. The molecule has 0 fully saturated rings. The summed E-state index contributed by atoms with van der Waals surface area (Å²) in [6.45, 7) is 5.85. The number of hydrogen-bond donors (Lipinski definition) is 1. The van der Waals surface area contributed by atoms with Crippen molar-refractivity contribution >= 4 is 31.9 Å². The maximum Gasteiger partial charge on any atom is 0.147 e. The van der Waals surface area contributed by atoms with Crippen LogP contribution in [0.25, 0.3) is 0 Å². The summed E-state index contributed by atoms with van der Waals surface area (Å²) in [5, 5.41) is 3.40. The summed E-state index contributed by atoms with van der Waals surface area (Å²) in [7, 11) is 4.15. The quantitative estimate of drug-likeness (QED) is 0.625. The molecule has 1 N–H and O–H groups in total. The van der Waals surface area contributed by atoms with Crippen molar-refractivity contribution in [2.45, 2.75) is 26.3 Å². The van der Waals surface area contributed by atoms with Crippen molar-refractivity contribution in [2.75, 3.05) is 33.8 Å². The predicted molar refractivity (Wildman–Crippen MR) is 92.5 cm³/mol. The zero-order chi connectivity index (χ0) is 15.0. The second-order valence-corrected chi connectivity index (χ2v) is 6.78. The molecule has 5 heteroatoms. The van der Waals surface area contributed by atoms with E-state index >= 15 is 0 Å². The lowest BCUT2D eigenvalue weighted by Gasteiger charge is -2.14. The standard InChI is InChI=1S/C15H24Br2N2O/c1-4-6-18-11-12-9-13(16)15(14(17)10-12)20-8-5-7-19(2)3/h9-10,18H,4-8,11H2,1-3H3. The zero-order valence-electron chi connectivity index (χ0n) is 12.5. The van der Waals surface area contributed by atoms with Crippen molar-refractivity contribution in [3.05, 3.63) is 26.6 Å². The average Bonchev–Trinajstić information content (AvgIpc) is 2.37. The first kappa shape index (κ1) is 18.0. The van der Waals surface area contributed by atoms with Crippen molar-refractivity contribution < 1.29 is 4.74 Å². The highest BCUT2D eigenvalue weighted by Gasteiger charge is 2.09. The van der Waals surface area contributed by atoms with E-state index in [1.165, 1.54) is 5.56 Å². The van der Waals surface area contributed by atoms with Crippen LogP contribution in [-0.4, -0.2) is 38.7 Å².